The highest BCUT2D eigenvalue weighted by molar-refractivity contribution is 7.80. The largest absolute Gasteiger partial charge is 0.356 e. The zero-order valence-corrected chi connectivity index (χ0v) is 12.9. The Hall–Kier alpha value is -1.87. The number of hydrogen-bond donors (Lipinski definition) is 2. The minimum absolute atomic E-state index is 0.179. The molecule has 0 aliphatic heterocycles. The van der Waals surface area contributed by atoms with Crippen molar-refractivity contribution in [2.75, 3.05) is 5.32 Å². The molecule has 0 saturated heterocycles. The van der Waals surface area contributed by atoms with Crippen molar-refractivity contribution < 1.29 is 0 Å². The Morgan fingerprint density at radius 1 is 1.05 bits per heavy atom. The van der Waals surface area contributed by atoms with E-state index in [4.69, 9.17) is 12.2 Å². The maximum atomic E-state index is 5.37. The highest BCUT2D eigenvalue weighted by Crippen LogP contribution is 2.19. The van der Waals surface area contributed by atoms with Crippen LogP contribution in [0.25, 0.3) is 0 Å². The van der Waals surface area contributed by atoms with Crippen molar-refractivity contribution in [2.45, 2.75) is 26.8 Å². The first-order chi connectivity index (χ1) is 9.56. The van der Waals surface area contributed by atoms with E-state index in [1.165, 1.54) is 16.7 Å². The topological polar surface area (TPSA) is 24.1 Å². The molecule has 0 fully saturated rings. The lowest BCUT2D eigenvalue weighted by molar-refractivity contribution is 0.716. The number of hydrogen-bond acceptors (Lipinski definition) is 1. The smallest absolute Gasteiger partial charge is 0.171 e. The normalized spacial score (nSPS) is 11.8. The Labute approximate surface area is 126 Å². The summed E-state index contributed by atoms with van der Waals surface area (Å²) >= 11 is 5.37. The molecule has 0 unspecified atom stereocenters. The Kier molecular flexibility index (Phi) is 4.74. The lowest BCUT2D eigenvalue weighted by Gasteiger charge is -2.19. The third kappa shape index (κ3) is 3.81. The van der Waals surface area contributed by atoms with E-state index >= 15 is 0 Å². The van der Waals surface area contributed by atoms with E-state index < -0.39 is 0 Å². The van der Waals surface area contributed by atoms with Crippen LogP contribution >= 0.6 is 12.2 Å². The molecule has 1 atom stereocenters. The molecule has 2 aromatic rings. The van der Waals surface area contributed by atoms with Crippen LogP contribution in [0.15, 0.2) is 48.5 Å². The first-order valence-electron chi connectivity index (χ1n) is 6.76. The van der Waals surface area contributed by atoms with Crippen molar-refractivity contribution in [1.82, 2.24) is 5.32 Å². The lowest BCUT2D eigenvalue weighted by atomic mass is 10.0. The number of thiocarbonyl (C=S) groups is 1. The second-order valence-electron chi connectivity index (χ2n) is 5.05. The third-order valence-electron chi connectivity index (χ3n) is 3.28. The molecule has 2 rings (SSSR count). The molecule has 2 nitrogen and oxygen atoms in total. The van der Waals surface area contributed by atoms with Crippen LogP contribution in [0.3, 0.4) is 0 Å². The molecular weight excluding hydrogens is 264 g/mol. The van der Waals surface area contributed by atoms with Gasteiger partial charge >= 0.3 is 0 Å². The molecule has 0 saturated carbocycles. The van der Waals surface area contributed by atoms with Gasteiger partial charge in [-0.1, -0.05) is 42.0 Å². The van der Waals surface area contributed by atoms with Gasteiger partial charge in [0.05, 0.1) is 6.04 Å². The van der Waals surface area contributed by atoms with Crippen LogP contribution in [-0.2, 0) is 0 Å². The van der Waals surface area contributed by atoms with Gasteiger partial charge in [-0.3, -0.25) is 0 Å². The van der Waals surface area contributed by atoms with Crippen LogP contribution in [0.1, 0.15) is 29.7 Å². The molecule has 104 valence electrons. The first-order valence-corrected chi connectivity index (χ1v) is 7.17. The Bertz CT molecular complexity index is 593. The average Bonchev–Trinajstić information content (AvgIpc) is 2.42. The van der Waals surface area contributed by atoms with Gasteiger partial charge in [-0.2, -0.15) is 0 Å². The molecule has 0 aliphatic carbocycles. The monoisotopic (exact) mass is 284 g/mol. The minimum Gasteiger partial charge on any atom is -0.356 e. The molecule has 0 bridgehead atoms. The predicted octanol–water partition coefficient (Wildman–Crippen LogP) is 4.35. The summed E-state index contributed by atoms with van der Waals surface area (Å²) in [5.74, 6) is 0. The summed E-state index contributed by atoms with van der Waals surface area (Å²) in [5.41, 5.74) is 4.82. The maximum absolute atomic E-state index is 5.37. The number of aryl methyl sites for hydroxylation is 2. The molecular formula is C17H20N2S. The maximum Gasteiger partial charge on any atom is 0.171 e. The van der Waals surface area contributed by atoms with Crippen molar-refractivity contribution in [3.8, 4) is 0 Å². The summed E-state index contributed by atoms with van der Waals surface area (Å²) < 4.78 is 0. The molecule has 0 spiro atoms. The average molecular weight is 284 g/mol. The van der Waals surface area contributed by atoms with E-state index in [2.05, 4.69) is 49.6 Å². The summed E-state index contributed by atoms with van der Waals surface area (Å²) in [6.45, 7) is 6.36. The van der Waals surface area contributed by atoms with Crippen molar-refractivity contribution in [1.29, 1.82) is 0 Å². The Morgan fingerprint density at radius 2 is 1.75 bits per heavy atom. The summed E-state index contributed by atoms with van der Waals surface area (Å²) in [5, 5.41) is 7.17. The standard InChI is InChI=1S/C17H20N2S/c1-12-9-10-13(2)16(11-12)14(3)18-17(20)19-15-7-5-4-6-8-15/h4-11,14H,1-3H3,(H2,18,19,20)/t14-/m1/s1. The van der Waals surface area contributed by atoms with Crippen LogP contribution < -0.4 is 10.6 Å². The zero-order chi connectivity index (χ0) is 14.5. The molecule has 20 heavy (non-hydrogen) atoms. The van der Waals surface area contributed by atoms with Gasteiger partial charge in [0.15, 0.2) is 5.11 Å². The van der Waals surface area contributed by atoms with E-state index in [0.717, 1.165) is 5.69 Å². The van der Waals surface area contributed by atoms with E-state index in [1.807, 2.05) is 30.3 Å². The summed E-state index contributed by atoms with van der Waals surface area (Å²) in [4.78, 5) is 0. The number of para-hydroxylation sites is 1. The fraction of sp³-hybridized carbons (Fsp3) is 0.235. The van der Waals surface area contributed by atoms with Crippen LogP contribution in [0.4, 0.5) is 5.69 Å². The molecule has 0 heterocycles. The Balaban J connectivity index is 2.02. The number of benzene rings is 2. The molecule has 2 aromatic carbocycles. The number of anilines is 1. The molecule has 0 aromatic heterocycles. The second kappa shape index (κ2) is 6.53. The Morgan fingerprint density at radius 3 is 2.45 bits per heavy atom. The molecule has 0 amide bonds. The minimum atomic E-state index is 0.179. The van der Waals surface area contributed by atoms with Crippen molar-refractivity contribution in [3.63, 3.8) is 0 Å². The molecule has 0 radical (unpaired) electrons. The summed E-state index contributed by atoms with van der Waals surface area (Å²) in [6, 6.07) is 16.6. The van der Waals surface area contributed by atoms with Crippen molar-refractivity contribution >= 4 is 23.0 Å². The van der Waals surface area contributed by atoms with Crippen LogP contribution in [0, 0.1) is 13.8 Å². The van der Waals surface area contributed by atoms with Crippen LogP contribution in [-0.4, -0.2) is 5.11 Å². The van der Waals surface area contributed by atoms with E-state index in [0.29, 0.717) is 5.11 Å². The number of rotatable bonds is 3. The molecule has 3 heteroatoms. The van der Waals surface area contributed by atoms with Gasteiger partial charge in [0.1, 0.15) is 0 Å². The lowest BCUT2D eigenvalue weighted by Crippen LogP contribution is -2.31. The second-order valence-corrected chi connectivity index (χ2v) is 5.45. The number of nitrogens with one attached hydrogen (secondary N) is 2. The van der Waals surface area contributed by atoms with Gasteiger partial charge < -0.3 is 10.6 Å². The zero-order valence-electron chi connectivity index (χ0n) is 12.1. The van der Waals surface area contributed by atoms with Crippen LogP contribution in [0.2, 0.25) is 0 Å². The predicted molar refractivity (Wildman–Crippen MR) is 90.1 cm³/mol. The van der Waals surface area contributed by atoms with Gasteiger partial charge in [-0.15, -0.1) is 0 Å². The van der Waals surface area contributed by atoms with Crippen molar-refractivity contribution in [2.24, 2.45) is 0 Å². The van der Waals surface area contributed by atoms with E-state index in [1.54, 1.807) is 0 Å². The quantitative estimate of drug-likeness (QED) is 0.819. The van der Waals surface area contributed by atoms with Gasteiger partial charge in [-0.25, -0.2) is 0 Å². The van der Waals surface area contributed by atoms with E-state index in [-0.39, 0.29) is 6.04 Å². The van der Waals surface area contributed by atoms with E-state index in [9.17, 15) is 0 Å². The highest BCUT2D eigenvalue weighted by Gasteiger charge is 2.09. The highest BCUT2D eigenvalue weighted by atomic mass is 32.1. The first kappa shape index (κ1) is 14.5. The van der Waals surface area contributed by atoms with Gasteiger partial charge in [0, 0.05) is 5.69 Å². The third-order valence-corrected chi connectivity index (χ3v) is 3.50. The molecule has 0 aliphatic rings. The van der Waals surface area contributed by atoms with Gasteiger partial charge in [-0.05, 0) is 56.2 Å². The van der Waals surface area contributed by atoms with Gasteiger partial charge in [0.25, 0.3) is 0 Å². The summed E-state index contributed by atoms with van der Waals surface area (Å²) in [7, 11) is 0. The fourth-order valence-electron chi connectivity index (χ4n) is 2.19. The summed E-state index contributed by atoms with van der Waals surface area (Å²) in [6.07, 6.45) is 0. The van der Waals surface area contributed by atoms with Crippen LogP contribution in [0.5, 0.6) is 0 Å². The fourth-order valence-corrected chi connectivity index (χ4v) is 2.48. The molecule has 2 N–H and O–H groups in total. The SMILES string of the molecule is Cc1ccc(C)c([C@@H](C)NC(=S)Nc2ccccc2)c1. The van der Waals surface area contributed by atoms with Crippen molar-refractivity contribution in [3.05, 3.63) is 65.2 Å². The van der Waals surface area contributed by atoms with Gasteiger partial charge in [0.2, 0.25) is 0 Å².